The number of hydrogen-bond donors (Lipinski definition) is 2. The average molecular weight is 302 g/mol. The maximum absolute atomic E-state index is 6.36. The molecule has 0 saturated carbocycles. The van der Waals surface area contributed by atoms with Gasteiger partial charge in [0.2, 0.25) is 0 Å². The molecule has 2 N–H and O–H groups in total. The van der Waals surface area contributed by atoms with E-state index in [0.29, 0.717) is 0 Å². The minimum atomic E-state index is 0.171. The lowest BCUT2D eigenvalue weighted by molar-refractivity contribution is 0.452. The Morgan fingerprint density at radius 1 is 1.43 bits per heavy atom. The Labute approximate surface area is 127 Å². The van der Waals surface area contributed by atoms with E-state index >= 15 is 0 Å². The first-order valence-electron chi connectivity index (χ1n) is 7.17. The SMILES string of the molecule is CCn1c(C2Cc3nc[nH]c3CN2)nc2cccc(Cl)c21. The van der Waals surface area contributed by atoms with Gasteiger partial charge in [-0.2, -0.15) is 0 Å². The molecule has 0 saturated heterocycles. The van der Waals surface area contributed by atoms with Crippen molar-refractivity contribution >= 4 is 22.6 Å². The predicted octanol–water partition coefficient (Wildman–Crippen LogP) is 2.82. The van der Waals surface area contributed by atoms with Crippen molar-refractivity contribution in [3.8, 4) is 0 Å². The minimum Gasteiger partial charge on any atom is -0.347 e. The van der Waals surface area contributed by atoms with Crippen LogP contribution in [0.1, 0.15) is 30.2 Å². The Bertz CT molecular complexity index is 804. The molecule has 0 radical (unpaired) electrons. The van der Waals surface area contributed by atoms with Crippen molar-refractivity contribution in [3.05, 3.63) is 46.8 Å². The molecule has 0 aliphatic carbocycles. The summed E-state index contributed by atoms with van der Waals surface area (Å²) in [4.78, 5) is 12.4. The topological polar surface area (TPSA) is 58.5 Å². The molecule has 1 aromatic carbocycles. The zero-order chi connectivity index (χ0) is 14.4. The highest BCUT2D eigenvalue weighted by Crippen LogP contribution is 2.30. The molecule has 1 aliphatic heterocycles. The van der Waals surface area contributed by atoms with Gasteiger partial charge >= 0.3 is 0 Å². The van der Waals surface area contributed by atoms with Crippen molar-refractivity contribution < 1.29 is 0 Å². The number of halogens is 1. The van der Waals surface area contributed by atoms with Crippen LogP contribution < -0.4 is 5.32 Å². The van der Waals surface area contributed by atoms with Crippen molar-refractivity contribution in [2.24, 2.45) is 0 Å². The van der Waals surface area contributed by atoms with E-state index in [-0.39, 0.29) is 6.04 Å². The van der Waals surface area contributed by atoms with Gasteiger partial charge in [0.1, 0.15) is 5.82 Å². The number of para-hydroxylation sites is 1. The highest BCUT2D eigenvalue weighted by atomic mass is 35.5. The van der Waals surface area contributed by atoms with Gasteiger partial charge in [-0.15, -0.1) is 0 Å². The lowest BCUT2D eigenvalue weighted by Crippen LogP contribution is -2.30. The number of benzene rings is 1. The first kappa shape index (κ1) is 12.9. The Hall–Kier alpha value is -1.85. The van der Waals surface area contributed by atoms with E-state index in [1.807, 2.05) is 18.2 Å². The maximum atomic E-state index is 6.36. The molecule has 0 bridgehead atoms. The number of aromatic nitrogens is 4. The smallest absolute Gasteiger partial charge is 0.127 e. The molecule has 108 valence electrons. The summed E-state index contributed by atoms with van der Waals surface area (Å²) in [7, 11) is 0. The van der Waals surface area contributed by atoms with Gasteiger partial charge in [0.05, 0.1) is 39.8 Å². The number of imidazole rings is 2. The van der Waals surface area contributed by atoms with Crippen LogP contribution in [-0.2, 0) is 19.5 Å². The van der Waals surface area contributed by atoms with E-state index in [9.17, 15) is 0 Å². The van der Waals surface area contributed by atoms with E-state index in [0.717, 1.165) is 47.1 Å². The second-order valence-electron chi connectivity index (χ2n) is 5.29. The molecule has 6 heteroatoms. The summed E-state index contributed by atoms with van der Waals surface area (Å²) >= 11 is 6.36. The van der Waals surface area contributed by atoms with Crippen LogP contribution in [0.5, 0.6) is 0 Å². The zero-order valence-corrected chi connectivity index (χ0v) is 12.5. The zero-order valence-electron chi connectivity index (χ0n) is 11.7. The quantitative estimate of drug-likeness (QED) is 0.765. The summed E-state index contributed by atoms with van der Waals surface area (Å²) in [6, 6.07) is 6.05. The molecule has 1 aliphatic rings. The molecule has 0 fully saturated rings. The van der Waals surface area contributed by atoms with E-state index < -0.39 is 0 Å². The number of aryl methyl sites for hydroxylation is 1. The Morgan fingerprint density at radius 3 is 3.19 bits per heavy atom. The molecule has 21 heavy (non-hydrogen) atoms. The van der Waals surface area contributed by atoms with Gasteiger partial charge in [0, 0.05) is 19.5 Å². The van der Waals surface area contributed by atoms with E-state index in [1.165, 1.54) is 5.69 Å². The number of rotatable bonds is 2. The fourth-order valence-corrected chi connectivity index (χ4v) is 3.37. The lowest BCUT2D eigenvalue weighted by atomic mass is 10.0. The standard InChI is InChI=1S/C15H16ClN5/c1-2-21-14-9(16)4-3-5-10(14)20-15(21)12-6-11-13(7-17-12)19-8-18-11/h3-5,8,12,17H,2,6-7H2,1H3,(H,18,19). The molecular weight excluding hydrogens is 286 g/mol. The molecule has 3 aromatic rings. The van der Waals surface area contributed by atoms with Gasteiger partial charge in [-0.05, 0) is 19.1 Å². The minimum absolute atomic E-state index is 0.171. The van der Waals surface area contributed by atoms with E-state index in [1.54, 1.807) is 6.33 Å². The molecule has 1 atom stereocenters. The fraction of sp³-hybridized carbons (Fsp3) is 0.333. The molecule has 0 amide bonds. The van der Waals surface area contributed by atoms with Crippen molar-refractivity contribution in [2.45, 2.75) is 32.5 Å². The average Bonchev–Trinajstić information content (AvgIpc) is 3.10. The third-order valence-electron chi connectivity index (χ3n) is 4.11. The number of nitrogens with zero attached hydrogens (tertiary/aromatic N) is 3. The largest absolute Gasteiger partial charge is 0.347 e. The van der Waals surface area contributed by atoms with Crippen LogP contribution in [0.2, 0.25) is 5.02 Å². The maximum Gasteiger partial charge on any atom is 0.127 e. The van der Waals surface area contributed by atoms with Gasteiger partial charge in [-0.25, -0.2) is 9.97 Å². The Morgan fingerprint density at radius 2 is 2.33 bits per heavy atom. The van der Waals surface area contributed by atoms with Gasteiger partial charge in [0.25, 0.3) is 0 Å². The normalized spacial score (nSPS) is 18.1. The van der Waals surface area contributed by atoms with Crippen molar-refractivity contribution in [1.82, 2.24) is 24.8 Å². The van der Waals surface area contributed by atoms with Crippen LogP contribution in [0, 0.1) is 0 Å². The number of fused-ring (bicyclic) bond motifs is 2. The molecule has 3 heterocycles. The molecule has 0 spiro atoms. The first-order valence-corrected chi connectivity index (χ1v) is 7.55. The molecular formula is C15H16ClN5. The van der Waals surface area contributed by atoms with Crippen LogP contribution >= 0.6 is 11.6 Å². The second-order valence-corrected chi connectivity index (χ2v) is 5.69. The monoisotopic (exact) mass is 301 g/mol. The summed E-state index contributed by atoms with van der Waals surface area (Å²) in [5, 5.41) is 4.29. The van der Waals surface area contributed by atoms with Crippen LogP contribution in [0.3, 0.4) is 0 Å². The number of hydrogen-bond acceptors (Lipinski definition) is 3. The van der Waals surface area contributed by atoms with Crippen molar-refractivity contribution in [1.29, 1.82) is 0 Å². The summed E-state index contributed by atoms with van der Waals surface area (Å²) < 4.78 is 2.20. The van der Waals surface area contributed by atoms with E-state index in [2.05, 4.69) is 26.8 Å². The predicted molar refractivity (Wildman–Crippen MR) is 82.3 cm³/mol. The van der Waals surface area contributed by atoms with Gasteiger partial charge in [-0.3, -0.25) is 0 Å². The lowest BCUT2D eigenvalue weighted by Gasteiger charge is -2.23. The first-order chi connectivity index (χ1) is 10.3. The van der Waals surface area contributed by atoms with E-state index in [4.69, 9.17) is 16.6 Å². The number of nitrogens with one attached hydrogen (secondary N) is 2. The molecule has 2 aromatic heterocycles. The van der Waals surface area contributed by atoms with Crippen LogP contribution in [-0.4, -0.2) is 19.5 Å². The second kappa shape index (κ2) is 4.86. The van der Waals surface area contributed by atoms with Crippen LogP contribution in [0.15, 0.2) is 24.5 Å². The number of aromatic amines is 1. The summed E-state index contributed by atoms with van der Waals surface area (Å²) in [5.74, 6) is 1.04. The number of H-pyrrole nitrogens is 1. The van der Waals surface area contributed by atoms with Gasteiger partial charge in [-0.1, -0.05) is 17.7 Å². The molecule has 4 rings (SSSR count). The van der Waals surface area contributed by atoms with Gasteiger partial charge < -0.3 is 14.9 Å². The Kier molecular flexibility index (Phi) is 2.97. The Balaban J connectivity index is 1.82. The fourth-order valence-electron chi connectivity index (χ4n) is 3.10. The summed E-state index contributed by atoms with van der Waals surface area (Å²) in [6.07, 6.45) is 2.61. The third kappa shape index (κ3) is 1.96. The third-order valence-corrected chi connectivity index (χ3v) is 4.41. The summed E-state index contributed by atoms with van der Waals surface area (Å²) in [6.45, 7) is 3.76. The van der Waals surface area contributed by atoms with Crippen LogP contribution in [0.4, 0.5) is 0 Å². The van der Waals surface area contributed by atoms with Gasteiger partial charge in [0.15, 0.2) is 0 Å². The summed E-state index contributed by atoms with van der Waals surface area (Å²) in [5.41, 5.74) is 4.27. The highest BCUT2D eigenvalue weighted by Gasteiger charge is 2.26. The van der Waals surface area contributed by atoms with Crippen molar-refractivity contribution in [2.75, 3.05) is 0 Å². The molecule has 1 unspecified atom stereocenters. The van der Waals surface area contributed by atoms with Crippen LogP contribution in [0.25, 0.3) is 11.0 Å². The molecule has 5 nitrogen and oxygen atoms in total. The van der Waals surface area contributed by atoms with Crippen molar-refractivity contribution in [3.63, 3.8) is 0 Å². The highest BCUT2D eigenvalue weighted by molar-refractivity contribution is 6.35.